The van der Waals surface area contributed by atoms with Crippen LogP contribution in [0.3, 0.4) is 0 Å². The Labute approximate surface area is 148 Å². The van der Waals surface area contributed by atoms with Crippen molar-refractivity contribution in [2.45, 2.75) is 6.54 Å². The molecule has 3 rings (SSSR count). The Hall–Kier alpha value is -2.66. The number of benzene rings is 1. The number of hydrogen-bond donors (Lipinski definition) is 0. The van der Waals surface area contributed by atoms with Gasteiger partial charge in [-0.05, 0) is 35.4 Å². The third kappa shape index (κ3) is 4.90. The van der Waals surface area contributed by atoms with Crippen LogP contribution in [-0.2, 0) is 16.1 Å². The predicted molar refractivity (Wildman–Crippen MR) is 99.2 cm³/mol. The Morgan fingerprint density at radius 3 is 2.68 bits per heavy atom. The molecule has 1 saturated heterocycles. The molecule has 130 valence electrons. The Balaban J connectivity index is 1.55. The number of nitrogens with zero attached hydrogens (tertiary/aromatic N) is 3. The van der Waals surface area contributed by atoms with Gasteiger partial charge in [0.15, 0.2) is 0 Å². The highest BCUT2D eigenvalue weighted by Gasteiger charge is 2.11. The first-order valence-electron chi connectivity index (χ1n) is 8.47. The molecule has 1 aliphatic rings. The first kappa shape index (κ1) is 17.2. The van der Waals surface area contributed by atoms with Crippen LogP contribution in [0.1, 0.15) is 11.1 Å². The minimum atomic E-state index is -0.0268. The summed E-state index contributed by atoms with van der Waals surface area (Å²) in [4.78, 5) is 20.3. The van der Waals surface area contributed by atoms with Gasteiger partial charge >= 0.3 is 0 Å². The van der Waals surface area contributed by atoms with E-state index in [9.17, 15) is 4.79 Å². The van der Waals surface area contributed by atoms with Crippen LogP contribution in [0, 0.1) is 0 Å². The van der Waals surface area contributed by atoms with Crippen molar-refractivity contribution in [2.75, 3.05) is 38.3 Å². The second-order valence-electron chi connectivity index (χ2n) is 6.08. The minimum absolute atomic E-state index is 0.0268. The van der Waals surface area contributed by atoms with Crippen molar-refractivity contribution in [3.8, 4) is 0 Å². The smallest absolute Gasteiger partial charge is 0.246 e. The lowest BCUT2D eigenvalue weighted by Gasteiger charge is -2.29. The van der Waals surface area contributed by atoms with E-state index in [2.05, 4.69) is 34.1 Å². The second-order valence-corrected chi connectivity index (χ2v) is 6.08. The van der Waals surface area contributed by atoms with Gasteiger partial charge in [-0.2, -0.15) is 0 Å². The number of hydrogen-bond acceptors (Lipinski definition) is 4. The summed E-state index contributed by atoms with van der Waals surface area (Å²) in [7, 11) is 1.81. The van der Waals surface area contributed by atoms with E-state index >= 15 is 0 Å². The second kappa shape index (κ2) is 8.44. The van der Waals surface area contributed by atoms with E-state index in [1.807, 2.05) is 19.2 Å². The van der Waals surface area contributed by atoms with Crippen molar-refractivity contribution in [1.29, 1.82) is 0 Å². The first-order chi connectivity index (χ1) is 12.2. The number of ether oxygens (including phenoxy) is 1. The quantitative estimate of drug-likeness (QED) is 0.787. The number of aromatic nitrogens is 1. The molecule has 1 aromatic carbocycles. The standard InChI is InChI=1S/C20H23N3O2/c1-22(20(24)9-6-17-3-2-10-21-15-17)16-18-4-7-19(8-5-18)23-11-13-25-14-12-23/h2-10,15H,11-14,16H2,1H3/b9-6+. The van der Waals surface area contributed by atoms with Crippen molar-refractivity contribution in [3.05, 3.63) is 66.0 Å². The average Bonchev–Trinajstić information content (AvgIpc) is 2.68. The lowest BCUT2D eigenvalue weighted by Crippen LogP contribution is -2.36. The van der Waals surface area contributed by atoms with Crippen molar-refractivity contribution >= 4 is 17.7 Å². The summed E-state index contributed by atoms with van der Waals surface area (Å²) in [5.74, 6) is -0.0268. The molecule has 0 N–H and O–H groups in total. The fourth-order valence-electron chi connectivity index (χ4n) is 2.75. The fraction of sp³-hybridized carbons (Fsp3) is 0.300. The van der Waals surface area contributed by atoms with Crippen LogP contribution in [0.25, 0.3) is 6.08 Å². The molecule has 5 heteroatoms. The largest absolute Gasteiger partial charge is 0.378 e. The van der Waals surface area contributed by atoms with Crippen molar-refractivity contribution in [1.82, 2.24) is 9.88 Å². The maximum Gasteiger partial charge on any atom is 0.246 e. The van der Waals surface area contributed by atoms with E-state index in [0.717, 1.165) is 37.4 Å². The Morgan fingerprint density at radius 1 is 1.24 bits per heavy atom. The molecule has 1 fully saturated rings. The lowest BCUT2D eigenvalue weighted by molar-refractivity contribution is -0.125. The summed E-state index contributed by atoms with van der Waals surface area (Å²) >= 11 is 0. The van der Waals surface area contributed by atoms with Crippen LogP contribution in [0.15, 0.2) is 54.9 Å². The van der Waals surface area contributed by atoms with Gasteiger partial charge in [0.05, 0.1) is 13.2 Å². The molecule has 2 aromatic rings. The minimum Gasteiger partial charge on any atom is -0.378 e. The third-order valence-electron chi connectivity index (χ3n) is 4.21. The molecule has 0 saturated carbocycles. The Kier molecular flexibility index (Phi) is 5.80. The molecule has 0 spiro atoms. The SMILES string of the molecule is CN(Cc1ccc(N2CCOCC2)cc1)C(=O)/C=C/c1cccnc1. The van der Waals surface area contributed by atoms with E-state index in [0.29, 0.717) is 6.54 Å². The molecule has 1 aliphatic heterocycles. The number of carbonyl (C=O) groups excluding carboxylic acids is 1. The van der Waals surface area contributed by atoms with Crippen LogP contribution in [0.4, 0.5) is 5.69 Å². The first-order valence-corrected chi connectivity index (χ1v) is 8.47. The summed E-state index contributed by atoms with van der Waals surface area (Å²) < 4.78 is 5.38. The number of pyridine rings is 1. The summed E-state index contributed by atoms with van der Waals surface area (Å²) in [6.45, 7) is 4.00. The molecular weight excluding hydrogens is 314 g/mol. The van der Waals surface area contributed by atoms with Gasteiger partial charge in [-0.25, -0.2) is 0 Å². The molecule has 2 heterocycles. The zero-order valence-corrected chi connectivity index (χ0v) is 14.5. The van der Waals surface area contributed by atoms with Crippen molar-refractivity contribution in [2.24, 2.45) is 0 Å². The van der Waals surface area contributed by atoms with E-state index in [1.54, 1.807) is 29.4 Å². The number of rotatable bonds is 5. The van der Waals surface area contributed by atoms with Gasteiger partial charge in [-0.15, -0.1) is 0 Å². The number of amides is 1. The highest BCUT2D eigenvalue weighted by Crippen LogP contribution is 2.17. The van der Waals surface area contributed by atoms with E-state index < -0.39 is 0 Å². The topological polar surface area (TPSA) is 45.7 Å². The monoisotopic (exact) mass is 337 g/mol. The molecule has 5 nitrogen and oxygen atoms in total. The molecule has 25 heavy (non-hydrogen) atoms. The Bertz CT molecular complexity index is 707. The van der Waals surface area contributed by atoms with Crippen molar-refractivity contribution < 1.29 is 9.53 Å². The normalized spacial score (nSPS) is 14.7. The molecule has 0 unspecified atom stereocenters. The average molecular weight is 337 g/mol. The van der Waals surface area contributed by atoms with Gasteiger partial charge in [0, 0.05) is 50.8 Å². The van der Waals surface area contributed by atoms with Crippen molar-refractivity contribution in [3.63, 3.8) is 0 Å². The van der Waals surface area contributed by atoms with E-state index in [1.165, 1.54) is 5.69 Å². The van der Waals surface area contributed by atoms with Gasteiger partial charge in [-0.3, -0.25) is 9.78 Å². The van der Waals surface area contributed by atoms with Gasteiger partial charge in [0.25, 0.3) is 0 Å². The van der Waals surface area contributed by atoms with Crippen LogP contribution < -0.4 is 4.90 Å². The molecule has 1 aromatic heterocycles. The molecule has 1 amide bonds. The summed E-state index contributed by atoms with van der Waals surface area (Å²) in [6.07, 6.45) is 6.81. The summed E-state index contributed by atoms with van der Waals surface area (Å²) in [6, 6.07) is 12.2. The lowest BCUT2D eigenvalue weighted by atomic mass is 10.1. The van der Waals surface area contributed by atoms with E-state index in [-0.39, 0.29) is 5.91 Å². The number of carbonyl (C=O) groups is 1. The van der Waals surface area contributed by atoms with Gasteiger partial charge < -0.3 is 14.5 Å². The highest BCUT2D eigenvalue weighted by atomic mass is 16.5. The van der Waals surface area contributed by atoms with Gasteiger partial charge in [-0.1, -0.05) is 18.2 Å². The van der Waals surface area contributed by atoms with Gasteiger partial charge in [0.1, 0.15) is 0 Å². The maximum absolute atomic E-state index is 12.2. The molecule has 0 radical (unpaired) electrons. The maximum atomic E-state index is 12.2. The predicted octanol–water partition coefficient (Wildman–Crippen LogP) is 2.59. The number of anilines is 1. The van der Waals surface area contributed by atoms with Gasteiger partial charge in [0.2, 0.25) is 5.91 Å². The number of morpholine rings is 1. The molecule has 0 aliphatic carbocycles. The van der Waals surface area contributed by atoms with E-state index in [4.69, 9.17) is 4.74 Å². The zero-order valence-electron chi connectivity index (χ0n) is 14.5. The van der Waals surface area contributed by atoms with Crippen LogP contribution in [-0.4, -0.2) is 49.1 Å². The Morgan fingerprint density at radius 2 is 2.00 bits per heavy atom. The van der Waals surface area contributed by atoms with Crippen LogP contribution in [0.2, 0.25) is 0 Å². The summed E-state index contributed by atoms with van der Waals surface area (Å²) in [5, 5.41) is 0. The fourth-order valence-corrected chi connectivity index (χ4v) is 2.75. The van der Waals surface area contributed by atoms with Crippen LogP contribution in [0.5, 0.6) is 0 Å². The van der Waals surface area contributed by atoms with Crippen LogP contribution >= 0.6 is 0 Å². The number of likely N-dealkylation sites (N-methyl/N-ethyl adjacent to an activating group) is 1. The molecular formula is C20H23N3O2. The third-order valence-corrected chi connectivity index (χ3v) is 4.21. The molecule has 0 atom stereocenters. The highest BCUT2D eigenvalue weighted by molar-refractivity contribution is 5.91. The zero-order chi connectivity index (χ0) is 17.5. The summed E-state index contributed by atoms with van der Waals surface area (Å²) in [5.41, 5.74) is 3.24. The molecule has 0 bridgehead atoms.